The molecule has 2 unspecified atom stereocenters. The van der Waals surface area contributed by atoms with E-state index in [0.717, 1.165) is 38.0 Å². The highest BCUT2D eigenvalue weighted by Crippen LogP contribution is 2.36. The first-order valence-electron chi connectivity index (χ1n) is 10.3. The third-order valence-electron chi connectivity index (χ3n) is 6.24. The average Bonchev–Trinajstić information content (AvgIpc) is 2.97. The lowest BCUT2D eigenvalue weighted by atomic mass is 9.78. The molecule has 1 heterocycles. The van der Waals surface area contributed by atoms with Gasteiger partial charge < -0.3 is 14.7 Å². The first-order chi connectivity index (χ1) is 12.2. The fraction of sp³-hybridized carbons (Fsp3) is 0.727. The Hall–Kier alpha value is -1.06. The third-order valence-corrected chi connectivity index (χ3v) is 6.24. The van der Waals surface area contributed by atoms with E-state index in [-0.39, 0.29) is 0 Å². The SMILES string of the molecule is COc1cccc(CC2(O)CCCCCC2CN2CCCCCC2)c1. The summed E-state index contributed by atoms with van der Waals surface area (Å²) < 4.78 is 5.37. The van der Waals surface area contributed by atoms with Crippen molar-refractivity contribution in [2.75, 3.05) is 26.7 Å². The Labute approximate surface area is 153 Å². The largest absolute Gasteiger partial charge is 0.497 e. The maximum atomic E-state index is 11.7. The summed E-state index contributed by atoms with van der Waals surface area (Å²) in [7, 11) is 1.71. The Morgan fingerprint density at radius 3 is 2.60 bits per heavy atom. The summed E-state index contributed by atoms with van der Waals surface area (Å²) in [5.41, 5.74) is 0.624. The highest BCUT2D eigenvalue weighted by Gasteiger charge is 2.38. The number of rotatable bonds is 5. The molecule has 1 aromatic carbocycles. The molecule has 0 amide bonds. The van der Waals surface area contributed by atoms with E-state index in [1.807, 2.05) is 12.1 Å². The van der Waals surface area contributed by atoms with E-state index in [0.29, 0.717) is 5.92 Å². The van der Waals surface area contributed by atoms with Crippen LogP contribution in [0.5, 0.6) is 5.75 Å². The Kier molecular flexibility index (Phi) is 6.77. The summed E-state index contributed by atoms with van der Waals surface area (Å²) in [5, 5.41) is 11.7. The van der Waals surface area contributed by atoms with Gasteiger partial charge in [-0.3, -0.25) is 0 Å². The molecule has 3 rings (SSSR count). The second-order valence-corrected chi connectivity index (χ2v) is 8.14. The summed E-state index contributed by atoms with van der Waals surface area (Å²) >= 11 is 0. The van der Waals surface area contributed by atoms with E-state index in [4.69, 9.17) is 4.74 Å². The van der Waals surface area contributed by atoms with Gasteiger partial charge in [0.25, 0.3) is 0 Å². The molecule has 25 heavy (non-hydrogen) atoms. The van der Waals surface area contributed by atoms with Crippen LogP contribution in [0.3, 0.4) is 0 Å². The van der Waals surface area contributed by atoms with Crippen LogP contribution in [0.15, 0.2) is 24.3 Å². The quantitative estimate of drug-likeness (QED) is 0.802. The predicted octanol–water partition coefficient (Wildman–Crippen LogP) is 4.43. The van der Waals surface area contributed by atoms with Gasteiger partial charge in [0.2, 0.25) is 0 Å². The zero-order chi connectivity index (χ0) is 17.5. The van der Waals surface area contributed by atoms with Crippen LogP contribution in [-0.2, 0) is 6.42 Å². The van der Waals surface area contributed by atoms with Gasteiger partial charge in [-0.05, 0) is 56.5 Å². The molecular formula is C22H35NO2. The fourth-order valence-electron chi connectivity index (χ4n) is 4.73. The maximum absolute atomic E-state index is 11.7. The summed E-state index contributed by atoms with van der Waals surface area (Å²) in [6.07, 6.45) is 11.9. The van der Waals surface area contributed by atoms with Crippen LogP contribution in [0.1, 0.15) is 63.4 Å². The molecule has 0 radical (unpaired) electrons. The first-order valence-corrected chi connectivity index (χ1v) is 10.3. The molecule has 0 aromatic heterocycles. The molecule has 1 saturated heterocycles. The molecule has 1 N–H and O–H groups in total. The van der Waals surface area contributed by atoms with Crippen molar-refractivity contribution in [3.05, 3.63) is 29.8 Å². The smallest absolute Gasteiger partial charge is 0.119 e. The number of nitrogens with zero attached hydrogens (tertiary/aromatic N) is 1. The first kappa shape index (κ1) is 18.7. The molecule has 1 aromatic rings. The summed E-state index contributed by atoms with van der Waals surface area (Å²) in [4.78, 5) is 2.62. The number of ether oxygens (including phenoxy) is 1. The molecule has 1 saturated carbocycles. The van der Waals surface area contributed by atoms with E-state index in [1.54, 1.807) is 7.11 Å². The monoisotopic (exact) mass is 345 g/mol. The van der Waals surface area contributed by atoms with Gasteiger partial charge in [-0.2, -0.15) is 0 Å². The van der Waals surface area contributed by atoms with Crippen LogP contribution in [0.4, 0.5) is 0 Å². The molecule has 140 valence electrons. The molecule has 2 aliphatic rings. The van der Waals surface area contributed by atoms with Crippen LogP contribution < -0.4 is 4.74 Å². The fourth-order valence-corrected chi connectivity index (χ4v) is 4.73. The molecule has 1 aliphatic heterocycles. The highest BCUT2D eigenvalue weighted by atomic mass is 16.5. The lowest BCUT2D eigenvalue weighted by Crippen LogP contribution is -2.45. The zero-order valence-electron chi connectivity index (χ0n) is 15.9. The number of aliphatic hydroxyl groups is 1. The van der Waals surface area contributed by atoms with Crippen molar-refractivity contribution in [2.45, 2.75) is 69.8 Å². The van der Waals surface area contributed by atoms with Crippen LogP contribution >= 0.6 is 0 Å². The van der Waals surface area contributed by atoms with E-state index in [9.17, 15) is 5.11 Å². The lowest BCUT2D eigenvalue weighted by Gasteiger charge is -2.38. The molecule has 2 atom stereocenters. The summed E-state index contributed by atoms with van der Waals surface area (Å²) in [6, 6.07) is 8.24. The molecule has 0 bridgehead atoms. The van der Waals surface area contributed by atoms with Crippen LogP contribution in [0.2, 0.25) is 0 Å². The van der Waals surface area contributed by atoms with Crippen molar-refractivity contribution in [1.82, 2.24) is 4.90 Å². The van der Waals surface area contributed by atoms with Crippen molar-refractivity contribution < 1.29 is 9.84 Å². The minimum Gasteiger partial charge on any atom is -0.497 e. The van der Waals surface area contributed by atoms with E-state index in [1.165, 1.54) is 57.2 Å². The van der Waals surface area contributed by atoms with Gasteiger partial charge in [-0.1, -0.05) is 44.2 Å². The minimum atomic E-state index is -0.574. The third kappa shape index (κ3) is 5.21. The van der Waals surface area contributed by atoms with Gasteiger partial charge in [-0.25, -0.2) is 0 Å². The molecule has 3 heteroatoms. The van der Waals surface area contributed by atoms with E-state index in [2.05, 4.69) is 17.0 Å². The number of hydrogen-bond donors (Lipinski definition) is 1. The van der Waals surface area contributed by atoms with Crippen molar-refractivity contribution in [3.8, 4) is 5.75 Å². The summed E-state index contributed by atoms with van der Waals surface area (Å²) in [5.74, 6) is 1.28. The number of likely N-dealkylation sites (tertiary alicyclic amines) is 1. The molecule has 1 aliphatic carbocycles. The van der Waals surface area contributed by atoms with E-state index >= 15 is 0 Å². The Morgan fingerprint density at radius 2 is 1.84 bits per heavy atom. The van der Waals surface area contributed by atoms with Crippen molar-refractivity contribution in [3.63, 3.8) is 0 Å². The van der Waals surface area contributed by atoms with Gasteiger partial charge in [-0.15, -0.1) is 0 Å². The number of benzene rings is 1. The zero-order valence-corrected chi connectivity index (χ0v) is 15.9. The van der Waals surface area contributed by atoms with Crippen molar-refractivity contribution in [1.29, 1.82) is 0 Å². The van der Waals surface area contributed by atoms with Crippen molar-refractivity contribution in [2.24, 2.45) is 5.92 Å². The van der Waals surface area contributed by atoms with Gasteiger partial charge >= 0.3 is 0 Å². The molecule has 0 spiro atoms. The van der Waals surface area contributed by atoms with Gasteiger partial charge in [0, 0.05) is 18.9 Å². The topological polar surface area (TPSA) is 32.7 Å². The standard InChI is InChI=1S/C22H35NO2/c1-25-21-12-9-10-19(16-21)17-22(24)13-6-4-5-11-20(22)18-23-14-7-2-3-8-15-23/h9-10,12,16,20,24H,2-8,11,13-15,17-18H2,1H3. The highest BCUT2D eigenvalue weighted by molar-refractivity contribution is 5.29. The Bertz CT molecular complexity index is 525. The number of hydrogen-bond acceptors (Lipinski definition) is 3. The molecular weight excluding hydrogens is 310 g/mol. The second kappa shape index (κ2) is 9.05. The maximum Gasteiger partial charge on any atom is 0.119 e. The normalized spacial score (nSPS) is 29.0. The molecule has 3 nitrogen and oxygen atoms in total. The number of methoxy groups -OCH3 is 1. The van der Waals surface area contributed by atoms with Gasteiger partial charge in [0.05, 0.1) is 12.7 Å². The Morgan fingerprint density at radius 1 is 1.08 bits per heavy atom. The second-order valence-electron chi connectivity index (χ2n) is 8.14. The van der Waals surface area contributed by atoms with Gasteiger partial charge in [0.1, 0.15) is 5.75 Å². The van der Waals surface area contributed by atoms with Crippen molar-refractivity contribution >= 4 is 0 Å². The van der Waals surface area contributed by atoms with Crippen LogP contribution in [-0.4, -0.2) is 42.4 Å². The van der Waals surface area contributed by atoms with E-state index < -0.39 is 5.60 Å². The predicted molar refractivity (Wildman–Crippen MR) is 103 cm³/mol. The van der Waals surface area contributed by atoms with Gasteiger partial charge in [0.15, 0.2) is 0 Å². The average molecular weight is 346 g/mol. The Balaban J connectivity index is 1.73. The van der Waals surface area contributed by atoms with Crippen LogP contribution in [0.25, 0.3) is 0 Å². The molecule has 2 fully saturated rings. The minimum absolute atomic E-state index is 0.388. The lowest BCUT2D eigenvalue weighted by molar-refractivity contribution is -0.0367. The summed E-state index contributed by atoms with van der Waals surface area (Å²) in [6.45, 7) is 3.50. The van der Waals surface area contributed by atoms with Crippen LogP contribution in [0, 0.1) is 5.92 Å².